The average Bonchev–Trinajstić information content (AvgIpc) is 3.03. The second-order valence-corrected chi connectivity index (χ2v) is 5.83. The molecular formula is C12H17N3O2S. The number of carbonyl (C=O) groups is 1. The van der Waals surface area contributed by atoms with Crippen molar-refractivity contribution in [1.82, 2.24) is 15.2 Å². The number of aromatic nitrogens is 1. The molecule has 98 valence electrons. The standard InChI is InChI=1S/C12H17N3O2S/c16-12(17)11-14-8(7-18-11)6-13-9-3-5-15-4-1-2-10(9)15/h7,9-10,13H,1-6H2,(H,16,17). The summed E-state index contributed by atoms with van der Waals surface area (Å²) in [7, 11) is 0. The van der Waals surface area contributed by atoms with Gasteiger partial charge in [-0.3, -0.25) is 4.90 Å². The summed E-state index contributed by atoms with van der Waals surface area (Å²) >= 11 is 1.20. The second-order valence-electron chi connectivity index (χ2n) is 4.97. The molecule has 3 heterocycles. The maximum absolute atomic E-state index is 10.7. The first-order valence-electron chi connectivity index (χ1n) is 6.39. The molecular weight excluding hydrogens is 250 g/mol. The first-order chi connectivity index (χ1) is 8.74. The summed E-state index contributed by atoms with van der Waals surface area (Å²) in [5.41, 5.74) is 0.842. The van der Waals surface area contributed by atoms with Crippen molar-refractivity contribution < 1.29 is 9.90 Å². The van der Waals surface area contributed by atoms with Crippen molar-refractivity contribution in [3.05, 3.63) is 16.1 Å². The van der Waals surface area contributed by atoms with Crippen LogP contribution in [0.5, 0.6) is 0 Å². The van der Waals surface area contributed by atoms with Crippen LogP contribution in [0.4, 0.5) is 0 Å². The van der Waals surface area contributed by atoms with Crippen molar-refractivity contribution in [2.45, 2.75) is 37.9 Å². The van der Waals surface area contributed by atoms with Crippen molar-refractivity contribution >= 4 is 17.3 Å². The summed E-state index contributed by atoms with van der Waals surface area (Å²) < 4.78 is 0. The van der Waals surface area contributed by atoms with Gasteiger partial charge in [0.05, 0.1) is 5.69 Å². The van der Waals surface area contributed by atoms with Crippen LogP contribution in [0.1, 0.15) is 34.8 Å². The number of rotatable bonds is 4. The molecule has 2 N–H and O–H groups in total. The van der Waals surface area contributed by atoms with Crippen molar-refractivity contribution in [1.29, 1.82) is 0 Å². The number of carboxylic acids is 1. The van der Waals surface area contributed by atoms with Gasteiger partial charge in [0.15, 0.2) is 0 Å². The van der Waals surface area contributed by atoms with Gasteiger partial charge in [-0.2, -0.15) is 0 Å². The molecule has 1 aromatic rings. The summed E-state index contributed by atoms with van der Waals surface area (Å²) in [6.07, 6.45) is 3.79. The third-order valence-electron chi connectivity index (χ3n) is 3.89. The number of thiazole rings is 1. The third kappa shape index (κ3) is 2.28. The van der Waals surface area contributed by atoms with Gasteiger partial charge in [0, 0.05) is 30.6 Å². The van der Waals surface area contributed by atoms with E-state index in [0.29, 0.717) is 18.6 Å². The fourth-order valence-corrected chi connectivity index (χ4v) is 3.70. The largest absolute Gasteiger partial charge is 0.476 e. The highest BCUT2D eigenvalue weighted by Crippen LogP contribution is 2.28. The Morgan fingerprint density at radius 1 is 1.56 bits per heavy atom. The molecule has 2 fully saturated rings. The van der Waals surface area contributed by atoms with E-state index in [9.17, 15) is 4.79 Å². The van der Waals surface area contributed by atoms with E-state index in [1.807, 2.05) is 5.38 Å². The van der Waals surface area contributed by atoms with Gasteiger partial charge in [-0.1, -0.05) is 0 Å². The van der Waals surface area contributed by atoms with Crippen molar-refractivity contribution in [2.75, 3.05) is 13.1 Å². The van der Waals surface area contributed by atoms with E-state index in [2.05, 4.69) is 15.2 Å². The number of fused-ring (bicyclic) bond motifs is 1. The van der Waals surface area contributed by atoms with Gasteiger partial charge < -0.3 is 10.4 Å². The zero-order valence-electron chi connectivity index (χ0n) is 10.1. The molecule has 2 aliphatic heterocycles. The Kier molecular flexibility index (Phi) is 3.32. The normalized spacial score (nSPS) is 27.6. The lowest BCUT2D eigenvalue weighted by Crippen LogP contribution is -2.38. The minimum absolute atomic E-state index is 0.181. The zero-order chi connectivity index (χ0) is 12.5. The molecule has 18 heavy (non-hydrogen) atoms. The lowest BCUT2D eigenvalue weighted by atomic mass is 10.1. The minimum Gasteiger partial charge on any atom is -0.476 e. The fraction of sp³-hybridized carbons (Fsp3) is 0.667. The van der Waals surface area contributed by atoms with Crippen LogP contribution in [-0.4, -0.2) is 46.1 Å². The third-order valence-corrected chi connectivity index (χ3v) is 4.77. The topological polar surface area (TPSA) is 65.5 Å². The lowest BCUT2D eigenvalue weighted by Gasteiger charge is -2.20. The fourth-order valence-electron chi connectivity index (χ4n) is 3.04. The van der Waals surface area contributed by atoms with Gasteiger partial charge in [0.2, 0.25) is 5.01 Å². The first kappa shape index (κ1) is 12.1. The number of aromatic carboxylic acids is 1. The first-order valence-corrected chi connectivity index (χ1v) is 7.27. The van der Waals surface area contributed by atoms with Crippen LogP contribution < -0.4 is 5.32 Å². The Bertz CT molecular complexity index is 448. The Labute approximate surface area is 110 Å². The molecule has 0 bridgehead atoms. The van der Waals surface area contributed by atoms with Crippen molar-refractivity contribution in [3.63, 3.8) is 0 Å². The van der Waals surface area contributed by atoms with Gasteiger partial charge >= 0.3 is 5.97 Å². The molecule has 1 aromatic heterocycles. The number of hydrogen-bond donors (Lipinski definition) is 2. The SMILES string of the molecule is O=C(O)c1nc(CNC2CCN3CCCC23)cs1. The number of nitrogens with one attached hydrogen (secondary N) is 1. The molecule has 2 atom stereocenters. The Hall–Kier alpha value is -0.980. The van der Waals surface area contributed by atoms with E-state index in [1.165, 1.54) is 43.7 Å². The second kappa shape index (κ2) is 4.95. The van der Waals surface area contributed by atoms with Crippen LogP contribution in [0.2, 0.25) is 0 Å². The highest BCUT2D eigenvalue weighted by Gasteiger charge is 2.36. The van der Waals surface area contributed by atoms with Crippen LogP contribution in [0.15, 0.2) is 5.38 Å². The lowest BCUT2D eigenvalue weighted by molar-refractivity contribution is 0.0696. The smallest absolute Gasteiger partial charge is 0.365 e. The van der Waals surface area contributed by atoms with E-state index in [4.69, 9.17) is 5.11 Å². The zero-order valence-corrected chi connectivity index (χ0v) is 10.9. The Balaban J connectivity index is 1.56. The highest BCUT2D eigenvalue weighted by molar-refractivity contribution is 7.11. The maximum atomic E-state index is 10.7. The molecule has 2 saturated heterocycles. The average molecular weight is 267 g/mol. The van der Waals surface area contributed by atoms with E-state index in [-0.39, 0.29) is 5.01 Å². The van der Waals surface area contributed by atoms with Crippen LogP contribution >= 0.6 is 11.3 Å². The molecule has 6 heteroatoms. The van der Waals surface area contributed by atoms with Crippen LogP contribution in [0.25, 0.3) is 0 Å². The van der Waals surface area contributed by atoms with Crippen LogP contribution in [0.3, 0.4) is 0 Å². The predicted molar refractivity (Wildman–Crippen MR) is 68.9 cm³/mol. The summed E-state index contributed by atoms with van der Waals surface area (Å²) in [6, 6.07) is 1.23. The van der Waals surface area contributed by atoms with E-state index >= 15 is 0 Å². The number of nitrogens with zero attached hydrogens (tertiary/aromatic N) is 2. The van der Waals surface area contributed by atoms with Crippen LogP contribution in [-0.2, 0) is 6.54 Å². The van der Waals surface area contributed by atoms with Crippen molar-refractivity contribution in [3.8, 4) is 0 Å². The monoisotopic (exact) mass is 267 g/mol. The maximum Gasteiger partial charge on any atom is 0.365 e. The minimum atomic E-state index is -0.936. The quantitative estimate of drug-likeness (QED) is 0.857. The Morgan fingerprint density at radius 2 is 2.44 bits per heavy atom. The summed E-state index contributed by atoms with van der Waals surface area (Å²) in [4.78, 5) is 17.4. The molecule has 0 saturated carbocycles. The molecule has 2 unspecified atom stereocenters. The highest BCUT2D eigenvalue weighted by atomic mass is 32.1. The number of hydrogen-bond acceptors (Lipinski definition) is 5. The van der Waals surface area contributed by atoms with E-state index < -0.39 is 5.97 Å². The predicted octanol–water partition coefficient (Wildman–Crippen LogP) is 1.17. The van der Waals surface area contributed by atoms with Crippen LogP contribution in [0, 0.1) is 0 Å². The molecule has 2 aliphatic rings. The van der Waals surface area contributed by atoms with E-state index in [0.717, 1.165) is 5.69 Å². The van der Waals surface area contributed by atoms with Gasteiger partial charge in [-0.05, 0) is 25.8 Å². The molecule has 0 aromatic carbocycles. The van der Waals surface area contributed by atoms with Gasteiger partial charge in [-0.25, -0.2) is 9.78 Å². The molecule has 3 rings (SSSR count). The molecule has 0 spiro atoms. The molecule has 0 radical (unpaired) electrons. The van der Waals surface area contributed by atoms with Crippen molar-refractivity contribution in [2.24, 2.45) is 0 Å². The summed E-state index contributed by atoms with van der Waals surface area (Å²) in [5.74, 6) is -0.936. The molecule has 0 amide bonds. The van der Waals surface area contributed by atoms with Gasteiger partial charge in [-0.15, -0.1) is 11.3 Å². The molecule has 5 nitrogen and oxygen atoms in total. The Morgan fingerprint density at radius 3 is 3.22 bits per heavy atom. The number of carboxylic acid groups (broad SMARTS) is 1. The van der Waals surface area contributed by atoms with E-state index in [1.54, 1.807) is 0 Å². The summed E-state index contributed by atoms with van der Waals surface area (Å²) in [5, 5.41) is 14.4. The van der Waals surface area contributed by atoms with Gasteiger partial charge in [0.25, 0.3) is 0 Å². The van der Waals surface area contributed by atoms with Gasteiger partial charge in [0.1, 0.15) is 0 Å². The molecule has 0 aliphatic carbocycles. The summed E-state index contributed by atoms with van der Waals surface area (Å²) in [6.45, 7) is 3.11.